The van der Waals surface area contributed by atoms with E-state index in [1.54, 1.807) is 0 Å². The zero-order valence-corrected chi connectivity index (χ0v) is 11.7. The van der Waals surface area contributed by atoms with E-state index >= 15 is 0 Å². The summed E-state index contributed by atoms with van der Waals surface area (Å²) in [5.74, 6) is 0. The van der Waals surface area contributed by atoms with Crippen molar-refractivity contribution in [2.24, 2.45) is 7.05 Å². The summed E-state index contributed by atoms with van der Waals surface area (Å²) in [5.41, 5.74) is 3.42. The van der Waals surface area contributed by atoms with Gasteiger partial charge < -0.3 is 5.32 Å². The first kappa shape index (κ1) is 12.8. The van der Waals surface area contributed by atoms with Crippen LogP contribution in [0.5, 0.6) is 0 Å². The van der Waals surface area contributed by atoms with Crippen LogP contribution in [0, 0.1) is 0 Å². The first-order chi connectivity index (χ1) is 9.81. The molecule has 1 unspecified atom stereocenters. The van der Waals surface area contributed by atoms with Crippen LogP contribution in [0.25, 0.3) is 10.9 Å². The summed E-state index contributed by atoms with van der Waals surface area (Å²) in [4.78, 5) is 4.44. The molecule has 3 aromatic rings. The zero-order chi connectivity index (χ0) is 13.9. The van der Waals surface area contributed by atoms with E-state index in [2.05, 4.69) is 46.6 Å². The average molecular weight is 266 g/mol. The summed E-state index contributed by atoms with van der Waals surface area (Å²) in [6, 6.07) is 12.5. The number of benzene rings is 1. The number of pyridine rings is 1. The van der Waals surface area contributed by atoms with E-state index in [1.807, 2.05) is 36.3 Å². The van der Waals surface area contributed by atoms with Gasteiger partial charge in [0.2, 0.25) is 0 Å². The lowest BCUT2D eigenvalue weighted by molar-refractivity contribution is 0.575. The molecular formula is C16H18N4. The smallest absolute Gasteiger partial charge is 0.0755 e. The molecule has 2 heterocycles. The van der Waals surface area contributed by atoms with Crippen molar-refractivity contribution in [2.75, 3.05) is 6.54 Å². The lowest BCUT2D eigenvalue weighted by Crippen LogP contribution is -2.24. The summed E-state index contributed by atoms with van der Waals surface area (Å²) in [5, 5.41) is 9.01. The van der Waals surface area contributed by atoms with Gasteiger partial charge in [-0.1, -0.05) is 25.1 Å². The molecule has 0 saturated heterocycles. The van der Waals surface area contributed by atoms with E-state index in [0.29, 0.717) is 0 Å². The fourth-order valence-corrected chi connectivity index (χ4v) is 2.61. The third-order valence-corrected chi connectivity index (χ3v) is 3.56. The Labute approximate surface area is 118 Å². The van der Waals surface area contributed by atoms with Gasteiger partial charge in [-0.2, -0.15) is 5.10 Å². The number of aromatic nitrogens is 3. The highest BCUT2D eigenvalue weighted by Gasteiger charge is 2.18. The number of rotatable bonds is 4. The summed E-state index contributed by atoms with van der Waals surface area (Å²) in [7, 11) is 1.98. The van der Waals surface area contributed by atoms with Crippen molar-refractivity contribution in [3.63, 3.8) is 0 Å². The first-order valence-electron chi connectivity index (χ1n) is 6.86. The highest BCUT2D eigenvalue weighted by molar-refractivity contribution is 5.82. The van der Waals surface area contributed by atoms with E-state index in [1.165, 1.54) is 10.9 Å². The third-order valence-electron chi connectivity index (χ3n) is 3.56. The Morgan fingerprint density at radius 2 is 2.00 bits per heavy atom. The zero-order valence-electron chi connectivity index (χ0n) is 11.7. The lowest BCUT2D eigenvalue weighted by atomic mass is 9.99. The SMILES string of the molecule is CCNC(c1ccnc2ccccc12)c1ccnn1C. The van der Waals surface area contributed by atoms with Gasteiger partial charge >= 0.3 is 0 Å². The van der Waals surface area contributed by atoms with Crippen molar-refractivity contribution in [3.05, 3.63) is 60.0 Å². The predicted octanol–water partition coefficient (Wildman–Crippen LogP) is 2.67. The maximum Gasteiger partial charge on any atom is 0.0755 e. The van der Waals surface area contributed by atoms with Crippen LogP contribution in [0.15, 0.2) is 48.8 Å². The first-order valence-corrected chi connectivity index (χ1v) is 6.86. The second-order valence-electron chi connectivity index (χ2n) is 4.79. The van der Waals surface area contributed by atoms with E-state index in [4.69, 9.17) is 0 Å². The van der Waals surface area contributed by atoms with Crippen LogP contribution in [0.4, 0.5) is 0 Å². The summed E-state index contributed by atoms with van der Waals surface area (Å²) in [6.45, 7) is 3.01. The van der Waals surface area contributed by atoms with Crippen LogP contribution in [0.1, 0.15) is 24.2 Å². The molecule has 0 spiro atoms. The fourth-order valence-electron chi connectivity index (χ4n) is 2.61. The van der Waals surface area contributed by atoms with Crippen molar-refractivity contribution >= 4 is 10.9 Å². The van der Waals surface area contributed by atoms with Gasteiger partial charge in [-0.25, -0.2) is 0 Å². The van der Waals surface area contributed by atoms with Crippen LogP contribution >= 0.6 is 0 Å². The van der Waals surface area contributed by atoms with Gasteiger partial charge in [-0.3, -0.25) is 9.67 Å². The van der Waals surface area contributed by atoms with E-state index in [0.717, 1.165) is 17.8 Å². The molecule has 0 aliphatic heterocycles. The average Bonchev–Trinajstić information content (AvgIpc) is 2.90. The maximum absolute atomic E-state index is 4.44. The molecule has 0 radical (unpaired) electrons. The van der Waals surface area contributed by atoms with E-state index < -0.39 is 0 Å². The van der Waals surface area contributed by atoms with Crippen LogP contribution in [-0.2, 0) is 7.05 Å². The molecule has 4 heteroatoms. The largest absolute Gasteiger partial charge is 0.305 e. The molecule has 1 atom stereocenters. The van der Waals surface area contributed by atoms with Crippen LogP contribution in [0.3, 0.4) is 0 Å². The number of nitrogens with zero attached hydrogens (tertiary/aromatic N) is 3. The number of fused-ring (bicyclic) bond motifs is 1. The third kappa shape index (κ3) is 2.18. The summed E-state index contributed by atoms with van der Waals surface area (Å²) in [6.07, 6.45) is 3.71. The van der Waals surface area contributed by atoms with Gasteiger partial charge in [0.05, 0.1) is 17.3 Å². The van der Waals surface area contributed by atoms with Crippen LogP contribution in [0.2, 0.25) is 0 Å². The van der Waals surface area contributed by atoms with Crippen LogP contribution in [-0.4, -0.2) is 21.3 Å². The van der Waals surface area contributed by atoms with Crippen molar-refractivity contribution in [1.29, 1.82) is 0 Å². The van der Waals surface area contributed by atoms with Gasteiger partial charge in [-0.15, -0.1) is 0 Å². The molecule has 0 fully saturated rings. The summed E-state index contributed by atoms with van der Waals surface area (Å²) < 4.78 is 1.92. The van der Waals surface area contributed by atoms with Crippen molar-refractivity contribution < 1.29 is 0 Å². The Balaban J connectivity index is 2.17. The number of hydrogen-bond acceptors (Lipinski definition) is 3. The molecular weight excluding hydrogens is 248 g/mol. The number of hydrogen-bond donors (Lipinski definition) is 1. The molecule has 1 aromatic carbocycles. The minimum absolute atomic E-state index is 0.125. The highest BCUT2D eigenvalue weighted by atomic mass is 15.3. The van der Waals surface area contributed by atoms with Crippen LogP contribution < -0.4 is 5.32 Å². The van der Waals surface area contributed by atoms with Gasteiger partial charge in [0.15, 0.2) is 0 Å². The Morgan fingerprint density at radius 1 is 1.15 bits per heavy atom. The number of nitrogens with one attached hydrogen (secondary N) is 1. The highest BCUT2D eigenvalue weighted by Crippen LogP contribution is 2.27. The minimum Gasteiger partial charge on any atom is -0.305 e. The second kappa shape index (κ2) is 5.43. The van der Waals surface area contributed by atoms with Crippen molar-refractivity contribution in [1.82, 2.24) is 20.1 Å². The predicted molar refractivity (Wildman–Crippen MR) is 80.5 cm³/mol. The fraction of sp³-hybridized carbons (Fsp3) is 0.250. The van der Waals surface area contributed by atoms with Crippen molar-refractivity contribution in [3.8, 4) is 0 Å². The standard InChI is InChI=1S/C16H18N4/c1-3-17-16(15-9-11-19-20(15)2)13-8-10-18-14-7-5-4-6-12(13)14/h4-11,16-17H,3H2,1-2H3. The minimum atomic E-state index is 0.125. The molecule has 2 aromatic heterocycles. The Hall–Kier alpha value is -2.20. The van der Waals surface area contributed by atoms with Crippen molar-refractivity contribution in [2.45, 2.75) is 13.0 Å². The molecule has 0 amide bonds. The normalized spacial score (nSPS) is 12.7. The Kier molecular flexibility index (Phi) is 3.48. The van der Waals surface area contributed by atoms with E-state index in [-0.39, 0.29) is 6.04 Å². The number of para-hydroxylation sites is 1. The molecule has 0 saturated carbocycles. The number of aryl methyl sites for hydroxylation is 1. The topological polar surface area (TPSA) is 42.7 Å². The second-order valence-corrected chi connectivity index (χ2v) is 4.79. The molecule has 3 rings (SSSR count). The molecule has 0 aliphatic carbocycles. The Bertz CT molecular complexity index is 712. The molecule has 20 heavy (non-hydrogen) atoms. The Morgan fingerprint density at radius 3 is 2.75 bits per heavy atom. The monoisotopic (exact) mass is 266 g/mol. The molecule has 102 valence electrons. The molecule has 0 aliphatic rings. The maximum atomic E-state index is 4.44. The molecule has 1 N–H and O–H groups in total. The molecule has 4 nitrogen and oxygen atoms in total. The summed E-state index contributed by atoms with van der Waals surface area (Å²) >= 11 is 0. The van der Waals surface area contributed by atoms with Gasteiger partial charge in [-0.05, 0) is 30.3 Å². The van der Waals surface area contributed by atoms with E-state index in [9.17, 15) is 0 Å². The van der Waals surface area contributed by atoms with Gasteiger partial charge in [0.1, 0.15) is 0 Å². The lowest BCUT2D eigenvalue weighted by Gasteiger charge is -2.20. The molecule has 0 bridgehead atoms. The quantitative estimate of drug-likeness (QED) is 0.789. The van der Waals surface area contributed by atoms with Gasteiger partial charge in [0.25, 0.3) is 0 Å². The van der Waals surface area contributed by atoms with Gasteiger partial charge in [0, 0.05) is 24.8 Å².